The fraction of sp³-hybridized carbons (Fsp3) is 0.533. The van der Waals surface area contributed by atoms with Gasteiger partial charge in [0.2, 0.25) is 0 Å². The van der Waals surface area contributed by atoms with Crippen molar-refractivity contribution < 1.29 is 9.53 Å². The Labute approximate surface area is 114 Å². The maximum absolute atomic E-state index is 11.6. The van der Waals surface area contributed by atoms with Gasteiger partial charge in [-0.1, -0.05) is 56.5 Å². The number of rotatable bonds is 8. The monoisotopic (exact) mass is 268 g/mol. The number of benzene rings is 1. The number of carbonyl (C=O) groups excluding carboxylic acids is 1. The van der Waals surface area contributed by atoms with Crippen molar-refractivity contribution in [3.8, 4) is 0 Å². The lowest BCUT2D eigenvalue weighted by Gasteiger charge is -2.09. The predicted molar refractivity (Wildman–Crippen MR) is 74.6 cm³/mol. The van der Waals surface area contributed by atoms with Crippen molar-refractivity contribution in [3.05, 3.63) is 35.9 Å². The molecule has 100 valence electrons. The predicted octanol–water partition coefficient (Wildman–Crippen LogP) is 4.31. The first kappa shape index (κ1) is 15.0. The van der Waals surface area contributed by atoms with Gasteiger partial charge in [-0.05, 0) is 12.0 Å². The van der Waals surface area contributed by atoms with Gasteiger partial charge in [-0.3, -0.25) is 4.79 Å². The molecule has 1 rings (SSSR count). The van der Waals surface area contributed by atoms with Crippen LogP contribution in [0.15, 0.2) is 30.3 Å². The van der Waals surface area contributed by atoms with E-state index in [2.05, 4.69) is 6.92 Å². The Kier molecular flexibility index (Phi) is 7.51. The Morgan fingerprint density at radius 3 is 2.67 bits per heavy atom. The van der Waals surface area contributed by atoms with Crippen molar-refractivity contribution in [2.75, 3.05) is 0 Å². The molecule has 0 aromatic heterocycles. The molecule has 0 fully saturated rings. The van der Waals surface area contributed by atoms with E-state index >= 15 is 0 Å². The summed E-state index contributed by atoms with van der Waals surface area (Å²) in [5, 5.41) is -0.0974. The number of halogens is 1. The Balaban J connectivity index is 2.17. The molecule has 0 aliphatic heterocycles. The van der Waals surface area contributed by atoms with E-state index < -0.39 is 0 Å². The second-order valence-corrected chi connectivity index (χ2v) is 5.06. The number of alkyl halides is 1. The first-order valence-corrected chi connectivity index (χ1v) is 6.99. The molecule has 1 aromatic rings. The fourth-order valence-electron chi connectivity index (χ4n) is 1.70. The molecular weight excluding hydrogens is 248 g/mol. The summed E-state index contributed by atoms with van der Waals surface area (Å²) in [5.41, 5.74) is 1.00. The van der Waals surface area contributed by atoms with Crippen molar-refractivity contribution in [1.82, 2.24) is 0 Å². The van der Waals surface area contributed by atoms with Crippen LogP contribution in [-0.4, -0.2) is 11.3 Å². The highest BCUT2D eigenvalue weighted by molar-refractivity contribution is 6.21. The quantitative estimate of drug-likeness (QED) is 0.399. The molecule has 0 bridgehead atoms. The van der Waals surface area contributed by atoms with Crippen LogP contribution in [0.3, 0.4) is 0 Å². The fourth-order valence-corrected chi connectivity index (χ4v) is 1.98. The maximum Gasteiger partial charge on any atom is 0.307 e. The molecular formula is C15H21ClO2. The molecule has 1 aromatic carbocycles. The minimum atomic E-state index is -0.213. The number of hydrogen-bond donors (Lipinski definition) is 0. The number of ether oxygens (including phenoxy) is 1. The third-order valence-corrected chi connectivity index (χ3v) is 3.12. The summed E-state index contributed by atoms with van der Waals surface area (Å²) in [4.78, 5) is 11.6. The largest absolute Gasteiger partial charge is 0.461 e. The molecule has 0 radical (unpaired) electrons. The summed E-state index contributed by atoms with van der Waals surface area (Å²) in [6.45, 7) is 2.48. The van der Waals surface area contributed by atoms with E-state index in [1.807, 2.05) is 30.3 Å². The molecule has 2 nitrogen and oxygen atoms in total. The van der Waals surface area contributed by atoms with E-state index in [4.69, 9.17) is 16.3 Å². The molecule has 0 amide bonds. The topological polar surface area (TPSA) is 26.3 Å². The van der Waals surface area contributed by atoms with E-state index in [9.17, 15) is 4.79 Å². The zero-order valence-electron chi connectivity index (χ0n) is 10.9. The van der Waals surface area contributed by atoms with Gasteiger partial charge in [-0.15, -0.1) is 11.6 Å². The van der Waals surface area contributed by atoms with Gasteiger partial charge >= 0.3 is 5.97 Å². The second-order valence-electron chi connectivity index (χ2n) is 4.44. The van der Waals surface area contributed by atoms with Crippen LogP contribution in [0.5, 0.6) is 0 Å². The van der Waals surface area contributed by atoms with Gasteiger partial charge < -0.3 is 4.74 Å². The molecule has 0 aliphatic carbocycles. The Morgan fingerprint density at radius 2 is 2.00 bits per heavy atom. The van der Waals surface area contributed by atoms with Gasteiger partial charge in [-0.25, -0.2) is 0 Å². The summed E-state index contributed by atoms with van der Waals surface area (Å²) in [5.74, 6) is -0.213. The lowest BCUT2D eigenvalue weighted by atomic mass is 10.1. The van der Waals surface area contributed by atoms with Crippen molar-refractivity contribution in [3.63, 3.8) is 0 Å². The van der Waals surface area contributed by atoms with Crippen LogP contribution in [-0.2, 0) is 16.1 Å². The minimum Gasteiger partial charge on any atom is -0.461 e. The average molecular weight is 269 g/mol. The van der Waals surface area contributed by atoms with Crippen LogP contribution in [0.25, 0.3) is 0 Å². The zero-order chi connectivity index (χ0) is 13.2. The molecule has 0 aliphatic rings. The number of hydrogen-bond acceptors (Lipinski definition) is 2. The Morgan fingerprint density at radius 1 is 1.28 bits per heavy atom. The molecule has 0 saturated heterocycles. The molecule has 1 atom stereocenters. The standard InChI is InChI=1S/C15H21ClO2/c1-2-3-5-10-14(16)11-15(17)18-12-13-8-6-4-7-9-13/h4,6-9,14H,2-3,5,10-12H2,1H3. The Bertz CT molecular complexity index is 338. The van der Waals surface area contributed by atoms with Crippen LogP contribution < -0.4 is 0 Å². The summed E-state index contributed by atoms with van der Waals surface area (Å²) >= 11 is 6.09. The maximum atomic E-state index is 11.6. The summed E-state index contributed by atoms with van der Waals surface area (Å²) in [6, 6.07) is 9.67. The molecule has 0 spiro atoms. The van der Waals surface area contributed by atoms with E-state index in [1.165, 1.54) is 12.8 Å². The molecule has 0 heterocycles. The van der Waals surface area contributed by atoms with Crippen LogP contribution in [0, 0.1) is 0 Å². The normalized spacial score (nSPS) is 12.1. The van der Waals surface area contributed by atoms with Crippen molar-refractivity contribution in [1.29, 1.82) is 0 Å². The van der Waals surface area contributed by atoms with E-state index in [0.717, 1.165) is 18.4 Å². The highest BCUT2D eigenvalue weighted by Gasteiger charge is 2.11. The third-order valence-electron chi connectivity index (χ3n) is 2.75. The van der Waals surface area contributed by atoms with Gasteiger partial charge in [-0.2, -0.15) is 0 Å². The molecule has 1 unspecified atom stereocenters. The zero-order valence-corrected chi connectivity index (χ0v) is 11.7. The summed E-state index contributed by atoms with van der Waals surface area (Å²) in [6.07, 6.45) is 4.61. The smallest absolute Gasteiger partial charge is 0.307 e. The summed E-state index contributed by atoms with van der Waals surface area (Å²) < 4.78 is 5.18. The van der Waals surface area contributed by atoms with E-state index in [1.54, 1.807) is 0 Å². The average Bonchev–Trinajstić information content (AvgIpc) is 2.38. The van der Waals surface area contributed by atoms with Crippen LogP contribution in [0.2, 0.25) is 0 Å². The second kappa shape index (κ2) is 8.98. The van der Waals surface area contributed by atoms with Crippen molar-refractivity contribution >= 4 is 17.6 Å². The van der Waals surface area contributed by atoms with Crippen LogP contribution >= 0.6 is 11.6 Å². The van der Waals surface area contributed by atoms with Crippen molar-refractivity contribution in [2.24, 2.45) is 0 Å². The number of carbonyl (C=O) groups is 1. The number of esters is 1. The first-order chi connectivity index (χ1) is 8.72. The Hall–Kier alpha value is -1.02. The van der Waals surface area contributed by atoms with Gasteiger partial charge in [0, 0.05) is 5.38 Å². The molecule has 18 heavy (non-hydrogen) atoms. The number of unbranched alkanes of at least 4 members (excludes halogenated alkanes) is 2. The lowest BCUT2D eigenvalue weighted by molar-refractivity contribution is -0.145. The minimum absolute atomic E-state index is 0.0974. The van der Waals surface area contributed by atoms with Gasteiger partial charge in [0.25, 0.3) is 0 Å². The lowest BCUT2D eigenvalue weighted by Crippen LogP contribution is -2.11. The molecule has 0 N–H and O–H groups in total. The van der Waals surface area contributed by atoms with Gasteiger partial charge in [0.15, 0.2) is 0 Å². The highest BCUT2D eigenvalue weighted by atomic mass is 35.5. The highest BCUT2D eigenvalue weighted by Crippen LogP contribution is 2.13. The molecule has 3 heteroatoms. The SMILES string of the molecule is CCCCCC(Cl)CC(=O)OCc1ccccc1. The first-order valence-electron chi connectivity index (χ1n) is 6.56. The third kappa shape index (κ3) is 6.65. The van der Waals surface area contributed by atoms with Crippen LogP contribution in [0.4, 0.5) is 0 Å². The van der Waals surface area contributed by atoms with Crippen LogP contribution in [0.1, 0.15) is 44.6 Å². The van der Waals surface area contributed by atoms with Gasteiger partial charge in [0.05, 0.1) is 6.42 Å². The van der Waals surface area contributed by atoms with Crippen molar-refractivity contribution in [2.45, 2.75) is 51.0 Å². The summed E-state index contributed by atoms with van der Waals surface area (Å²) in [7, 11) is 0. The van der Waals surface area contributed by atoms with Gasteiger partial charge in [0.1, 0.15) is 6.61 Å². The van der Waals surface area contributed by atoms with E-state index in [0.29, 0.717) is 13.0 Å². The molecule has 0 saturated carbocycles. The van der Waals surface area contributed by atoms with E-state index in [-0.39, 0.29) is 11.3 Å².